The summed E-state index contributed by atoms with van der Waals surface area (Å²) < 4.78 is 11.5. The van der Waals surface area contributed by atoms with E-state index in [0.717, 1.165) is 4.47 Å². The minimum Gasteiger partial charge on any atom is -0.495 e. The van der Waals surface area contributed by atoms with Crippen molar-refractivity contribution in [2.24, 2.45) is 0 Å². The summed E-state index contributed by atoms with van der Waals surface area (Å²) in [4.78, 5) is 4.09. The van der Waals surface area contributed by atoms with Crippen molar-refractivity contribution in [2.45, 2.75) is 0 Å². The number of rotatable bonds is 3. The lowest BCUT2D eigenvalue weighted by Gasteiger charge is -2.07. The van der Waals surface area contributed by atoms with Crippen LogP contribution >= 0.6 is 27.5 Å². The lowest BCUT2D eigenvalue weighted by atomic mass is 10.3. The van der Waals surface area contributed by atoms with Crippen molar-refractivity contribution in [1.29, 1.82) is 0 Å². The van der Waals surface area contributed by atoms with Gasteiger partial charge in [0.15, 0.2) is 0 Å². The molecule has 0 fully saturated rings. The normalized spacial score (nSPS) is 10.1. The molecule has 5 heteroatoms. The quantitative estimate of drug-likeness (QED) is 0.846. The Kier molecular flexibility index (Phi) is 3.86. The summed E-state index contributed by atoms with van der Waals surface area (Å²) >= 11 is 9.36. The number of benzene rings is 1. The maximum atomic E-state index is 6.01. The minimum atomic E-state index is 0.464. The van der Waals surface area contributed by atoms with Gasteiger partial charge in [-0.25, -0.2) is 4.98 Å². The largest absolute Gasteiger partial charge is 0.495 e. The molecule has 0 saturated carbocycles. The average Bonchev–Trinajstić information content (AvgIpc) is 2.35. The molecular formula is C12H9BrClNO2. The zero-order valence-electron chi connectivity index (χ0n) is 8.98. The lowest BCUT2D eigenvalue weighted by Crippen LogP contribution is -1.90. The molecule has 2 aromatic rings. The number of methoxy groups -OCH3 is 1. The van der Waals surface area contributed by atoms with Crippen LogP contribution in [0.4, 0.5) is 0 Å². The zero-order valence-corrected chi connectivity index (χ0v) is 11.3. The van der Waals surface area contributed by atoms with Gasteiger partial charge in [0.2, 0.25) is 5.88 Å². The van der Waals surface area contributed by atoms with E-state index in [9.17, 15) is 0 Å². The van der Waals surface area contributed by atoms with Crippen LogP contribution in [-0.4, -0.2) is 12.1 Å². The molecule has 0 radical (unpaired) electrons. The molecular weight excluding hydrogens is 305 g/mol. The Morgan fingerprint density at radius 1 is 1.24 bits per heavy atom. The summed E-state index contributed by atoms with van der Waals surface area (Å²) in [6.07, 6.45) is 1.58. The van der Waals surface area contributed by atoms with Crippen LogP contribution in [0.1, 0.15) is 0 Å². The monoisotopic (exact) mass is 313 g/mol. The topological polar surface area (TPSA) is 31.4 Å². The van der Waals surface area contributed by atoms with Crippen molar-refractivity contribution in [2.75, 3.05) is 7.11 Å². The van der Waals surface area contributed by atoms with Crippen molar-refractivity contribution >= 4 is 27.5 Å². The van der Waals surface area contributed by atoms with E-state index in [4.69, 9.17) is 21.1 Å². The Bertz CT molecular complexity index is 516. The van der Waals surface area contributed by atoms with E-state index in [0.29, 0.717) is 22.4 Å². The second kappa shape index (κ2) is 5.38. The van der Waals surface area contributed by atoms with Gasteiger partial charge in [0.05, 0.1) is 18.3 Å². The van der Waals surface area contributed by atoms with Gasteiger partial charge in [-0.1, -0.05) is 27.5 Å². The van der Waals surface area contributed by atoms with E-state index >= 15 is 0 Å². The molecule has 0 spiro atoms. The maximum Gasteiger partial charge on any atom is 0.219 e. The van der Waals surface area contributed by atoms with Crippen LogP contribution in [0.2, 0.25) is 5.02 Å². The summed E-state index contributed by atoms with van der Waals surface area (Å²) in [7, 11) is 1.59. The molecule has 3 nitrogen and oxygen atoms in total. The smallest absolute Gasteiger partial charge is 0.219 e. The molecule has 1 aromatic carbocycles. The van der Waals surface area contributed by atoms with Gasteiger partial charge in [-0.15, -0.1) is 0 Å². The van der Waals surface area contributed by atoms with Crippen LogP contribution in [0.25, 0.3) is 0 Å². The van der Waals surface area contributed by atoms with Crippen LogP contribution in [0.15, 0.2) is 41.0 Å². The molecule has 88 valence electrons. The summed E-state index contributed by atoms with van der Waals surface area (Å²) in [5.74, 6) is 1.70. The predicted molar refractivity (Wildman–Crippen MR) is 70.0 cm³/mol. The van der Waals surface area contributed by atoms with Gasteiger partial charge in [0.25, 0.3) is 0 Å². The first-order valence-corrected chi connectivity index (χ1v) is 5.99. The molecule has 0 aliphatic heterocycles. The molecule has 1 heterocycles. The third-order valence-electron chi connectivity index (χ3n) is 2.05. The predicted octanol–water partition coefficient (Wildman–Crippen LogP) is 4.30. The summed E-state index contributed by atoms with van der Waals surface area (Å²) in [6, 6.07) is 8.87. The van der Waals surface area contributed by atoms with E-state index in [-0.39, 0.29) is 0 Å². The second-order valence-electron chi connectivity index (χ2n) is 3.21. The summed E-state index contributed by atoms with van der Waals surface area (Å²) in [6.45, 7) is 0. The maximum absolute atomic E-state index is 6.01. The zero-order chi connectivity index (χ0) is 12.3. The van der Waals surface area contributed by atoms with Crippen LogP contribution in [0.3, 0.4) is 0 Å². The number of pyridine rings is 1. The van der Waals surface area contributed by atoms with E-state index < -0.39 is 0 Å². The Morgan fingerprint density at radius 2 is 2.06 bits per heavy atom. The Hall–Kier alpha value is -1.26. The van der Waals surface area contributed by atoms with Gasteiger partial charge in [-0.2, -0.15) is 0 Å². The van der Waals surface area contributed by atoms with Crippen LogP contribution in [0.5, 0.6) is 17.4 Å². The Labute approximate surface area is 112 Å². The van der Waals surface area contributed by atoms with Crippen LogP contribution in [-0.2, 0) is 0 Å². The van der Waals surface area contributed by atoms with Crippen molar-refractivity contribution in [3.63, 3.8) is 0 Å². The van der Waals surface area contributed by atoms with Crippen molar-refractivity contribution in [1.82, 2.24) is 4.98 Å². The van der Waals surface area contributed by atoms with Crippen molar-refractivity contribution < 1.29 is 9.47 Å². The molecule has 2 rings (SSSR count). The third-order valence-corrected chi connectivity index (χ3v) is 2.86. The standard InChI is InChI=1S/C12H9BrClNO2/c1-16-9-3-5-12(15-7-9)17-11-6-8(13)2-4-10(11)14/h2-7H,1H3. The van der Waals surface area contributed by atoms with Gasteiger partial charge in [0, 0.05) is 10.5 Å². The van der Waals surface area contributed by atoms with E-state index in [1.54, 1.807) is 37.6 Å². The molecule has 0 N–H and O–H groups in total. The van der Waals surface area contributed by atoms with Crippen LogP contribution in [0, 0.1) is 0 Å². The minimum absolute atomic E-state index is 0.464. The number of aromatic nitrogens is 1. The first-order chi connectivity index (χ1) is 8.19. The highest BCUT2D eigenvalue weighted by Gasteiger charge is 2.05. The Balaban J connectivity index is 2.22. The molecule has 0 saturated heterocycles. The molecule has 0 unspecified atom stereocenters. The average molecular weight is 315 g/mol. The fourth-order valence-electron chi connectivity index (χ4n) is 1.22. The third kappa shape index (κ3) is 3.11. The van der Waals surface area contributed by atoms with Gasteiger partial charge >= 0.3 is 0 Å². The highest BCUT2D eigenvalue weighted by molar-refractivity contribution is 9.10. The number of nitrogens with zero attached hydrogens (tertiary/aromatic N) is 1. The van der Waals surface area contributed by atoms with Gasteiger partial charge in [-0.3, -0.25) is 0 Å². The van der Waals surface area contributed by atoms with E-state index in [1.807, 2.05) is 6.07 Å². The first kappa shape index (κ1) is 12.2. The fourth-order valence-corrected chi connectivity index (χ4v) is 1.71. The van der Waals surface area contributed by atoms with Crippen LogP contribution < -0.4 is 9.47 Å². The van der Waals surface area contributed by atoms with Gasteiger partial charge in [0.1, 0.15) is 11.5 Å². The summed E-state index contributed by atoms with van der Waals surface area (Å²) in [5, 5.41) is 0.533. The molecule has 0 atom stereocenters. The molecule has 1 aromatic heterocycles. The van der Waals surface area contributed by atoms with E-state index in [1.165, 1.54) is 0 Å². The molecule has 17 heavy (non-hydrogen) atoms. The SMILES string of the molecule is COc1ccc(Oc2cc(Br)ccc2Cl)nc1. The number of hydrogen-bond acceptors (Lipinski definition) is 3. The van der Waals surface area contributed by atoms with Gasteiger partial charge < -0.3 is 9.47 Å². The summed E-state index contributed by atoms with van der Waals surface area (Å²) in [5.41, 5.74) is 0. The molecule has 0 aliphatic carbocycles. The Morgan fingerprint density at radius 3 is 2.71 bits per heavy atom. The molecule has 0 bridgehead atoms. The first-order valence-electron chi connectivity index (χ1n) is 4.82. The highest BCUT2D eigenvalue weighted by Crippen LogP contribution is 2.31. The fraction of sp³-hybridized carbons (Fsp3) is 0.0833. The number of ether oxygens (including phenoxy) is 2. The van der Waals surface area contributed by atoms with Crippen molar-refractivity contribution in [3.05, 3.63) is 46.0 Å². The highest BCUT2D eigenvalue weighted by atomic mass is 79.9. The van der Waals surface area contributed by atoms with Gasteiger partial charge in [-0.05, 0) is 24.3 Å². The second-order valence-corrected chi connectivity index (χ2v) is 4.54. The van der Waals surface area contributed by atoms with Crippen molar-refractivity contribution in [3.8, 4) is 17.4 Å². The lowest BCUT2D eigenvalue weighted by molar-refractivity contribution is 0.408. The van der Waals surface area contributed by atoms with E-state index in [2.05, 4.69) is 20.9 Å². The molecule has 0 aliphatic rings. The number of halogens is 2. The molecule has 0 amide bonds. The number of hydrogen-bond donors (Lipinski definition) is 0.